The highest BCUT2D eigenvalue weighted by atomic mass is 16.6. The van der Waals surface area contributed by atoms with Crippen LogP contribution in [0.4, 0.5) is 0 Å². The van der Waals surface area contributed by atoms with E-state index in [4.69, 9.17) is 23.7 Å². The van der Waals surface area contributed by atoms with Crippen molar-refractivity contribution in [3.8, 4) is 23.0 Å². The molecule has 2 aromatic rings. The van der Waals surface area contributed by atoms with E-state index in [1.807, 2.05) is 18.2 Å². The molecule has 4 rings (SSSR count). The summed E-state index contributed by atoms with van der Waals surface area (Å²) in [6.07, 6.45) is 0.350. The second-order valence-electron chi connectivity index (χ2n) is 7.25. The van der Waals surface area contributed by atoms with Crippen LogP contribution < -0.4 is 24.3 Å². The molecule has 2 aliphatic rings. The smallest absolute Gasteiger partial charge is 0.343 e. The lowest BCUT2D eigenvalue weighted by Crippen LogP contribution is -2.40. The Kier molecular flexibility index (Phi) is 5.00. The minimum Gasteiger partial charge on any atom is -0.493 e. The van der Waals surface area contributed by atoms with E-state index in [1.54, 1.807) is 27.4 Å². The normalized spacial score (nSPS) is 22.4. The Hall–Kier alpha value is -2.93. The van der Waals surface area contributed by atoms with Crippen molar-refractivity contribution in [2.45, 2.75) is 31.5 Å². The van der Waals surface area contributed by atoms with Gasteiger partial charge in [0.05, 0.1) is 34.5 Å². The molecule has 7 nitrogen and oxygen atoms in total. The van der Waals surface area contributed by atoms with Crippen LogP contribution in [0.5, 0.6) is 23.0 Å². The molecule has 2 heterocycles. The molecule has 2 aliphatic heterocycles. The zero-order valence-electron chi connectivity index (χ0n) is 17.2. The Morgan fingerprint density at radius 3 is 2.28 bits per heavy atom. The maximum atomic E-state index is 12.8. The molecule has 0 bridgehead atoms. The second-order valence-corrected chi connectivity index (χ2v) is 7.25. The van der Waals surface area contributed by atoms with E-state index in [1.165, 1.54) is 7.11 Å². The number of methoxy groups -OCH3 is 4. The fourth-order valence-corrected chi connectivity index (χ4v) is 4.31. The zero-order valence-corrected chi connectivity index (χ0v) is 17.2. The van der Waals surface area contributed by atoms with Crippen LogP contribution in [0.15, 0.2) is 24.3 Å². The van der Waals surface area contributed by atoms with Crippen molar-refractivity contribution >= 4 is 5.97 Å². The van der Waals surface area contributed by atoms with Gasteiger partial charge in [-0.2, -0.15) is 0 Å². The summed E-state index contributed by atoms with van der Waals surface area (Å²) in [5, 5.41) is 3.59. The minimum atomic E-state index is -0.489. The summed E-state index contributed by atoms with van der Waals surface area (Å²) < 4.78 is 27.6. The predicted octanol–water partition coefficient (Wildman–Crippen LogP) is 3.21. The van der Waals surface area contributed by atoms with Crippen molar-refractivity contribution in [1.29, 1.82) is 0 Å². The lowest BCUT2D eigenvalue weighted by Gasteiger charge is -2.35. The van der Waals surface area contributed by atoms with E-state index < -0.39 is 12.1 Å². The summed E-state index contributed by atoms with van der Waals surface area (Å²) in [6.45, 7) is 2.11. The van der Waals surface area contributed by atoms with Crippen molar-refractivity contribution in [3.63, 3.8) is 0 Å². The molecule has 29 heavy (non-hydrogen) atoms. The van der Waals surface area contributed by atoms with Gasteiger partial charge >= 0.3 is 5.97 Å². The predicted molar refractivity (Wildman–Crippen MR) is 106 cm³/mol. The maximum absolute atomic E-state index is 12.8. The molecule has 0 spiro atoms. The van der Waals surface area contributed by atoms with E-state index >= 15 is 0 Å². The molecule has 2 aromatic carbocycles. The maximum Gasteiger partial charge on any atom is 0.343 e. The third kappa shape index (κ3) is 3.06. The van der Waals surface area contributed by atoms with Gasteiger partial charge in [-0.3, -0.25) is 0 Å². The minimum absolute atomic E-state index is 0.202. The Bertz CT molecular complexity index is 957. The number of rotatable bonds is 5. The van der Waals surface area contributed by atoms with Gasteiger partial charge in [0.2, 0.25) is 0 Å². The molecule has 0 saturated heterocycles. The third-order valence-corrected chi connectivity index (χ3v) is 5.60. The number of hydrogen-bond donors (Lipinski definition) is 1. The van der Waals surface area contributed by atoms with E-state index in [0.29, 0.717) is 28.6 Å². The quantitative estimate of drug-likeness (QED) is 0.774. The molecular formula is C22H25NO6. The Morgan fingerprint density at radius 1 is 0.931 bits per heavy atom. The zero-order chi connectivity index (χ0) is 20.7. The first-order chi connectivity index (χ1) is 14.0. The molecule has 3 atom stereocenters. The van der Waals surface area contributed by atoms with Gasteiger partial charge in [0, 0.05) is 11.6 Å². The van der Waals surface area contributed by atoms with Crippen LogP contribution in [-0.4, -0.2) is 40.5 Å². The van der Waals surface area contributed by atoms with Crippen LogP contribution in [0.2, 0.25) is 0 Å². The fourth-order valence-electron chi connectivity index (χ4n) is 4.31. The van der Waals surface area contributed by atoms with Gasteiger partial charge in [0.25, 0.3) is 0 Å². The summed E-state index contributed by atoms with van der Waals surface area (Å²) in [7, 11) is 6.30. The van der Waals surface area contributed by atoms with E-state index in [2.05, 4.69) is 12.2 Å². The highest BCUT2D eigenvalue weighted by Crippen LogP contribution is 2.48. The molecule has 1 N–H and O–H groups in total. The summed E-state index contributed by atoms with van der Waals surface area (Å²) in [4.78, 5) is 12.8. The van der Waals surface area contributed by atoms with Crippen molar-refractivity contribution < 1.29 is 28.5 Å². The number of hydrogen-bond acceptors (Lipinski definition) is 7. The number of esters is 1. The first-order valence-electron chi connectivity index (χ1n) is 9.49. The lowest BCUT2D eigenvalue weighted by molar-refractivity contribution is 0.0270. The van der Waals surface area contributed by atoms with Gasteiger partial charge in [-0.15, -0.1) is 0 Å². The molecular weight excluding hydrogens is 374 g/mol. The second kappa shape index (κ2) is 7.48. The summed E-state index contributed by atoms with van der Waals surface area (Å²) in [5.41, 5.74) is 3.36. The lowest BCUT2D eigenvalue weighted by atomic mass is 9.85. The molecule has 0 saturated carbocycles. The summed E-state index contributed by atoms with van der Waals surface area (Å²) >= 11 is 0. The van der Waals surface area contributed by atoms with Crippen LogP contribution in [0.3, 0.4) is 0 Å². The fraction of sp³-hybridized carbons (Fsp3) is 0.409. The Morgan fingerprint density at radius 2 is 1.62 bits per heavy atom. The average Bonchev–Trinajstić information content (AvgIpc) is 3.07. The summed E-state index contributed by atoms with van der Waals surface area (Å²) in [5.74, 6) is 1.82. The van der Waals surface area contributed by atoms with E-state index in [0.717, 1.165) is 23.1 Å². The largest absolute Gasteiger partial charge is 0.493 e. The van der Waals surface area contributed by atoms with Crippen LogP contribution in [0, 0.1) is 0 Å². The van der Waals surface area contributed by atoms with Gasteiger partial charge in [-0.25, -0.2) is 4.79 Å². The molecule has 0 amide bonds. The van der Waals surface area contributed by atoms with Crippen molar-refractivity contribution in [1.82, 2.24) is 5.32 Å². The van der Waals surface area contributed by atoms with E-state index in [-0.39, 0.29) is 12.1 Å². The third-order valence-electron chi connectivity index (χ3n) is 5.60. The van der Waals surface area contributed by atoms with Crippen molar-refractivity contribution in [3.05, 3.63) is 46.5 Å². The van der Waals surface area contributed by atoms with Crippen molar-refractivity contribution in [2.75, 3.05) is 28.4 Å². The monoisotopic (exact) mass is 399 g/mol. The number of fused-ring (bicyclic) bond motifs is 2. The van der Waals surface area contributed by atoms with Gasteiger partial charge in [-0.1, -0.05) is 6.07 Å². The number of nitrogens with one attached hydrogen (secondary N) is 1. The first kappa shape index (κ1) is 19.4. The highest BCUT2D eigenvalue weighted by Gasteiger charge is 2.43. The SMILES string of the molecule is COc1cc2c(cc1OC)[C@H]([C@H]1OC(=O)c3c1ccc(OC)c3OC)N[C@@H](C)C2. The van der Waals surface area contributed by atoms with Crippen molar-refractivity contribution in [2.24, 2.45) is 0 Å². The first-order valence-corrected chi connectivity index (χ1v) is 9.49. The van der Waals surface area contributed by atoms with Gasteiger partial charge in [-0.05, 0) is 42.7 Å². The molecule has 0 radical (unpaired) electrons. The molecule has 154 valence electrons. The van der Waals surface area contributed by atoms with Crippen LogP contribution in [-0.2, 0) is 11.2 Å². The number of cyclic esters (lactones) is 1. The molecule has 7 heteroatoms. The standard InChI is InChI=1S/C22H25NO6/c1-11-8-12-9-16(26-3)17(27-4)10-14(12)19(23-11)20-13-6-7-15(25-2)21(28-5)18(13)22(24)29-20/h6-7,9-11,19-20,23H,8H2,1-5H3/t11-,19+,20-/m0/s1. The molecule has 0 aliphatic carbocycles. The number of carbonyl (C=O) groups excluding carboxylic acids is 1. The molecule has 0 fully saturated rings. The number of ether oxygens (including phenoxy) is 5. The van der Waals surface area contributed by atoms with Crippen LogP contribution in [0.1, 0.15) is 46.1 Å². The van der Waals surface area contributed by atoms with Crippen LogP contribution in [0.25, 0.3) is 0 Å². The summed E-state index contributed by atoms with van der Waals surface area (Å²) in [6, 6.07) is 7.61. The number of benzene rings is 2. The average molecular weight is 399 g/mol. The Balaban J connectivity index is 1.83. The van der Waals surface area contributed by atoms with Gasteiger partial charge in [0.15, 0.2) is 23.0 Å². The molecule has 0 aromatic heterocycles. The highest BCUT2D eigenvalue weighted by molar-refractivity contribution is 5.98. The van der Waals surface area contributed by atoms with E-state index in [9.17, 15) is 4.79 Å². The van der Waals surface area contributed by atoms with Crippen LogP contribution >= 0.6 is 0 Å². The van der Waals surface area contributed by atoms with Gasteiger partial charge in [0.1, 0.15) is 11.7 Å². The topological polar surface area (TPSA) is 75.3 Å². The Labute approximate surface area is 169 Å². The molecule has 0 unspecified atom stereocenters. The van der Waals surface area contributed by atoms with Gasteiger partial charge < -0.3 is 29.0 Å². The number of carbonyl (C=O) groups is 1.